The number of piperidine rings is 1. The van der Waals surface area contributed by atoms with Crippen LogP contribution >= 0.6 is 0 Å². The van der Waals surface area contributed by atoms with Crippen LogP contribution in [0.4, 0.5) is 0 Å². The molecule has 12 heavy (non-hydrogen) atoms. The second-order valence-electron chi connectivity index (χ2n) is 3.88. The van der Waals surface area contributed by atoms with Crippen LogP contribution in [-0.2, 0) is 9.53 Å². The quantitative estimate of drug-likeness (QED) is 0.613. The Kier molecular flexibility index (Phi) is 2.05. The molecule has 2 rings (SSSR count). The Morgan fingerprint density at radius 2 is 2.42 bits per heavy atom. The van der Waals surface area contributed by atoms with Crippen molar-refractivity contribution in [1.82, 2.24) is 5.32 Å². The zero-order valence-electron chi connectivity index (χ0n) is 7.38. The highest BCUT2D eigenvalue weighted by Crippen LogP contribution is 2.38. The molecule has 3 heteroatoms. The molecule has 3 nitrogen and oxygen atoms in total. The van der Waals surface area contributed by atoms with Crippen molar-refractivity contribution in [3.63, 3.8) is 0 Å². The molecule has 2 aliphatic rings. The van der Waals surface area contributed by atoms with Gasteiger partial charge < -0.3 is 10.1 Å². The SMILES string of the molecule is COC(=O)CC1CC2CC1CN2. The summed E-state index contributed by atoms with van der Waals surface area (Å²) in [7, 11) is 1.47. The highest BCUT2D eigenvalue weighted by atomic mass is 16.5. The average Bonchev–Trinajstić information content (AvgIpc) is 2.64. The normalized spacial score (nSPS) is 38.6. The van der Waals surface area contributed by atoms with Gasteiger partial charge in [0.25, 0.3) is 0 Å². The number of carbonyl (C=O) groups excluding carboxylic acids is 1. The van der Waals surface area contributed by atoms with E-state index in [-0.39, 0.29) is 5.97 Å². The van der Waals surface area contributed by atoms with E-state index in [2.05, 4.69) is 10.1 Å². The second kappa shape index (κ2) is 3.05. The lowest BCUT2D eigenvalue weighted by Gasteiger charge is -2.20. The summed E-state index contributed by atoms with van der Waals surface area (Å²) in [4.78, 5) is 11.0. The van der Waals surface area contributed by atoms with Gasteiger partial charge in [0.15, 0.2) is 0 Å². The molecule has 3 atom stereocenters. The Balaban J connectivity index is 1.86. The van der Waals surface area contributed by atoms with Crippen molar-refractivity contribution in [3.8, 4) is 0 Å². The summed E-state index contributed by atoms with van der Waals surface area (Å²) in [5, 5.41) is 3.43. The summed E-state index contributed by atoms with van der Waals surface area (Å²) in [5.74, 6) is 1.27. The lowest BCUT2D eigenvalue weighted by Crippen LogP contribution is -2.30. The third-order valence-electron chi connectivity index (χ3n) is 3.17. The first-order valence-electron chi connectivity index (χ1n) is 4.60. The van der Waals surface area contributed by atoms with Crippen LogP contribution in [0.15, 0.2) is 0 Å². The summed E-state index contributed by atoms with van der Waals surface area (Å²) >= 11 is 0. The number of ether oxygens (including phenoxy) is 1. The van der Waals surface area contributed by atoms with Crippen LogP contribution in [0.25, 0.3) is 0 Å². The molecule has 0 amide bonds. The van der Waals surface area contributed by atoms with Gasteiger partial charge in [-0.2, -0.15) is 0 Å². The molecule has 3 unspecified atom stereocenters. The maximum Gasteiger partial charge on any atom is 0.305 e. The second-order valence-corrected chi connectivity index (χ2v) is 3.88. The van der Waals surface area contributed by atoms with Gasteiger partial charge in [0.05, 0.1) is 7.11 Å². The summed E-state index contributed by atoms with van der Waals surface area (Å²) in [6.07, 6.45) is 3.06. The lowest BCUT2D eigenvalue weighted by molar-refractivity contribution is -0.142. The summed E-state index contributed by atoms with van der Waals surface area (Å²) < 4.78 is 4.66. The zero-order valence-corrected chi connectivity index (χ0v) is 7.38. The molecule has 2 bridgehead atoms. The van der Waals surface area contributed by atoms with Gasteiger partial charge in [-0.3, -0.25) is 4.79 Å². The van der Waals surface area contributed by atoms with E-state index < -0.39 is 0 Å². The van der Waals surface area contributed by atoms with Gasteiger partial charge in [0.1, 0.15) is 0 Å². The summed E-state index contributed by atoms with van der Waals surface area (Å²) in [6, 6.07) is 0.685. The molecule has 1 aliphatic carbocycles. The van der Waals surface area contributed by atoms with E-state index in [9.17, 15) is 4.79 Å². The predicted octanol–water partition coefficient (Wildman–Crippen LogP) is 0.547. The first-order valence-corrected chi connectivity index (χ1v) is 4.60. The minimum atomic E-state index is -0.0486. The van der Waals surface area contributed by atoms with Gasteiger partial charge in [-0.25, -0.2) is 0 Å². The average molecular weight is 169 g/mol. The van der Waals surface area contributed by atoms with Gasteiger partial charge >= 0.3 is 5.97 Å². The number of esters is 1. The van der Waals surface area contributed by atoms with Crippen LogP contribution in [0.1, 0.15) is 19.3 Å². The van der Waals surface area contributed by atoms with Crippen LogP contribution in [0.3, 0.4) is 0 Å². The van der Waals surface area contributed by atoms with Crippen molar-refractivity contribution in [3.05, 3.63) is 0 Å². The number of nitrogens with one attached hydrogen (secondary N) is 1. The molecule has 1 saturated carbocycles. The fourth-order valence-corrected chi connectivity index (χ4v) is 2.49. The van der Waals surface area contributed by atoms with Gasteiger partial charge in [0, 0.05) is 12.5 Å². The Morgan fingerprint density at radius 3 is 2.92 bits per heavy atom. The van der Waals surface area contributed by atoms with Crippen LogP contribution in [0, 0.1) is 11.8 Å². The van der Waals surface area contributed by atoms with E-state index in [0.29, 0.717) is 18.4 Å². The van der Waals surface area contributed by atoms with Gasteiger partial charge in [-0.1, -0.05) is 0 Å². The number of carbonyl (C=O) groups is 1. The number of fused-ring (bicyclic) bond motifs is 2. The van der Waals surface area contributed by atoms with Crippen LogP contribution in [-0.4, -0.2) is 25.7 Å². The molecule has 1 aliphatic heterocycles. The summed E-state index contributed by atoms with van der Waals surface area (Å²) in [6.45, 7) is 1.10. The molecule has 0 radical (unpaired) electrons. The van der Waals surface area contributed by atoms with E-state index >= 15 is 0 Å². The van der Waals surface area contributed by atoms with Gasteiger partial charge in [0.2, 0.25) is 0 Å². The van der Waals surface area contributed by atoms with Crippen LogP contribution in [0.5, 0.6) is 0 Å². The van der Waals surface area contributed by atoms with E-state index in [1.54, 1.807) is 0 Å². The third kappa shape index (κ3) is 1.33. The van der Waals surface area contributed by atoms with Gasteiger partial charge in [-0.15, -0.1) is 0 Å². The molecule has 1 saturated heterocycles. The van der Waals surface area contributed by atoms with Crippen LogP contribution in [0.2, 0.25) is 0 Å². The minimum absolute atomic E-state index is 0.0486. The maximum atomic E-state index is 11.0. The van der Waals surface area contributed by atoms with E-state index in [1.165, 1.54) is 20.0 Å². The number of hydrogen-bond acceptors (Lipinski definition) is 3. The van der Waals surface area contributed by atoms with Crippen molar-refractivity contribution in [2.75, 3.05) is 13.7 Å². The summed E-state index contributed by atoms with van der Waals surface area (Å²) in [5.41, 5.74) is 0. The topological polar surface area (TPSA) is 38.3 Å². The molecule has 68 valence electrons. The fourth-order valence-electron chi connectivity index (χ4n) is 2.49. The highest BCUT2D eigenvalue weighted by Gasteiger charge is 2.40. The van der Waals surface area contributed by atoms with Crippen molar-refractivity contribution in [2.24, 2.45) is 11.8 Å². The minimum Gasteiger partial charge on any atom is -0.469 e. The Morgan fingerprint density at radius 1 is 1.58 bits per heavy atom. The smallest absolute Gasteiger partial charge is 0.305 e. The molecule has 0 aromatic heterocycles. The third-order valence-corrected chi connectivity index (χ3v) is 3.17. The number of methoxy groups -OCH3 is 1. The number of rotatable bonds is 2. The molecular weight excluding hydrogens is 154 g/mol. The van der Waals surface area contributed by atoms with E-state index in [0.717, 1.165) is 12.5 Å². The molecule has 2 fully saturated rings. The monoisotopic (exact) mass is 169 g/mol. The molecule has 1 N–H and O–H groups in total. The molecular formula is C9H15NO2. The van der Waals surface area contributed by atoms with Crippen molar-refractivity contribution in [1.29, 1.82) is 0 Å². The lowest BCUT2D eigenvalue weighted by atomic mass is 9.92. The number of hydrogen-bond donors (Lipinski definition) is 1. The van der Waals surface area contributed by atoms with Gasteiger partial charge in [-0.05, 0) is 31.2 Å². The van der Waals surface area contributed by atoms with E-state index in [4.69, 9.17) is 0 Å². The fraction of sp³-hybridized carbons (Fsp3) is 0.889. The maximum absolute atomic E-state index is 11.0. The highest BCUT2D eigenvalue weighted by molar-refractivity contribution is 5.69. The largest absolute Gasteiger partial charge is 0.469 e. The van der Waals surface area contributed by atoms with Crippen molar-refractivity contribution in [2.45, 2.75) is 25.3 Å². The zero-order chi connectivity index (χ0) is 8.55. The van der Waals surface area contributed by atoms with E-state index in [1.807, 2.05) is 0 Å². The van der Waals surface area contributed by atoms with Crippen LogP contribution < -0.4 is 5.32 Å². The molecule has 0 aromatic rings. The first-order chi connectivity index (χ1) is 5.79. The molecule has 0 spiro atoms. The Bertz CT molecular complexity index is 193. The first kappa shape index (κ1) is 8.05. The Hall–Kier alpha value is -0.570. The predicted molar refractivity (Wildman–Crippen MR) is 44.6 cm³/mol. The molecule has 1 heterocycles. The van der Waals surface area contributed by atoms with Crippen molar-refractivity contribution < 1.29 is 9.53 Å². The molecule has 0 aromatic carbocycles. The standard InChI is InChI=1S/C9H15NO2/c1-12-9(11)4-6-2-8-3-7(6)5-10-8/h6-8,10H,2-5H2,1H3. The van der Waals surface area contributed by atoms with Crippen molar-refractivity contribution >= 4 is 5.97 Å². The Labute approximate surface area is 72.5 Å².